The lowest BCUT2D eigenvalue weighted by Crippen LogP contribution is -2.34. The zero-order chi connectivity index (χ0) is 23.8. The molecular weight excluding hydrogens is 420 g/mol. The van der Waals surface area contributed by atoms with Crippen molar-refractivity contribution in [3.05, 3.63) is 54.4 Å². The van der Waals surface area contributed by atoms with Crippen LogP contribution in [0.15, 0.2) is 54.4 Å². The Labute approximate surface area is 192 Å². The van der Waals surface area contributed by atoms with Crippen molar-refractivity contribution in [1.29, 1.82) is 5.41 Å². The summed E-state index contributed by atoms with van der Waals surface area (Å²) in [7, 11) is 0. The summed E-state index contributed by atoms with van der Waals surface area (Å²) in [5.74, 6) is 1.96. The van der Waals surface area contributed by atoms with Crippen LogP contribution in [-0.2, 0) is 4.79 Å². The summed E-state index contributed by atoms with van der Waals surface area (Å²) >= 11 is 0. The predicted octanol–water partition coefficient (Wildman–Crippen LogP) is 3.46. The fraction of sp³-hybridized carbons (Fsp3) is 0.250. The molecular formula is C24H28N6O3. The Morgan fingerprint density at radius 2 is 1.94 bits per heavy atom. The van der Waals surface area contributed by atoms with Crippen LogP contribution in [0, 0.1) is 5.41 Å². The van der Waals surface area contributed by atoms with Gasteiger partial charge in [-0.3, -0.25) is 4.79 Å². The van der Waals surface area contributed by atoms with E-state index in [0.29, 0.717) is 46.5 Å². The predicted molar refractivity (Wildman–Crippen MR) is 130 cm³/mol. The molecule has 0 unspecified atom stereocenters. The van der Waals surface area contributed by atoms with Crippen LogP contribution in [0.25, 0.3) is 22.3 Å². The Kier molecular flexibility index (Phi) is 7.80. The van der Waals surface area contributed by atoms with E-state index in [4.69, 9.17) is 25.6 Å². The van der Waals surface area contributed by atoms with Gasteiger partial charge in [0.25, 0.3) is 5.91 Å². The number of nitrogens with one attached hydrogen (secondary N) is 3. The van der Waals surface area contributed by atoms with E-state index in [2.05, 4.69) is 15.6 Å². The first-order chi connectivity index (χ1) is 15.9. The number of benzene rings is 2. The average Bonchev–Trinajstić information content (AvgIpc) is 2.81. The minimum absolute atomic E-state index is 0.0426. The first-order valence-corrected chi connectivity index (χ1v) is 10.6. The maximum Gasteiger partial charge on any atom is 0.258 e. The third-order valence-electron chi connectivity index (χ3n) is 4.49. The standard InChI is InChI=1S/C24H28N6O3/c1-4-32-19-8-9-21-20(11-19)24(28-17(12-25)13-26)30-23(29-21)16-6-5-7-18(10-16)33-14-22(31)27-15(2)3/h5-13,15,25H,4,14,26H2,1-3H3,(H,27,31)(H,28,29,30)/b17-13+,25-12?. The monoisotopic (exact) mass is 448 g/mol. The highest BCUT2D eigenvalue weighted by Crippen LogP contribution is 2.30. The molecule has 0 saturated heterocycles. The molecule has 5 N–H and O–H groups in total. The molecule has 0 aliphatic heterocycles. The van der Waals surface area contributed by atoms with E-state index in [0.717, 1.165) is 11.6 Å². The highest BCUT2D eigenvalue weighted by Gasteiger charge is 2.13. The summed E-state index contributed by atoms with van der Waals surface area (Å²) in [4.78, 5) is 21.3. The first-order valence-electron chi connectivity index (χ1n) is 10.6. The molecule has 1 amide bonds. The van der Waals surface area contributed by atoms with Crippen molar-refractivity contribution in [2.45, 2.75) is 26.8 Å². The Bertz CT molecular complexity index is 1180. The van der Waals surface area contributed by atoms with Gasteiger partial charge in [0.1, 0.15) is 17.3 Å². The van der Waals surface area contributed by atoms with E-state index < -0.39 is 0 Å². The number of hydrogen-bond acceptors (Lipinski definition) is 8. The number of anilines is 1. The lowest BCUT2D eigenvalue weighted by molar-refractivity contribution is -0.123. The van der Waals surface area contributed by atoms with Crippen LogP contribution >= 0.6 is 0 Å². The van der Waals surface area contributed by atoms with Gasteiger partial charge in [-0.2, -0.15) is 0 Å². The van der Waals surface area contributed by atoms with Crippen LogP contribution in [0.4, 0.5) is 5.82 Å². The Balaban J connectivity index is 1.98. The number of rotatable bonds is 10. The van der Waals surface area contributed by atoms with Crippen LogP contribution in [0.3, 0.4) is 0 Å². The number of nitrogens with zero attached hydrogens (tertiary/aromatic N) is 2. The van der Waals surface area contributed by atoms with Crippen molar-refractivity contribution in [2.24, 2.45) is 5.73 Å². The zero-order valence-corrected chi connectivity index (χ0v) is 18.9. The molecule has 0 saturated carbocycles. The lowest BCUT2D eigenvalue weighted by atomic mass is 10.1. The second-order valence-electron chi connectivity index (χ2n) is 7.44. The molecule has 2 aromatic carbocycles. The van der Waals surface area contributed by atoms with Gasteiger partial charge < -0.3 is 31.3 Å². The van der Waals surface area contributed by atoms with Crippen molar-refractivity contribution in [1.82, 2.24) is 15.3 Å². The van der Waals surface area contributed by atoms with E-state index in [-0.39, 0.29) is 18.6 Å². The molecule has 9 nitrogen and oxygen atoms in total. The molecule has 0 aliphatic carbocycles. The quantitative estimate of drug-likeness (QED) is 0.349. The summed E-state index contributed by atoms with van der Waals surface area (Å²) in [6.45, 7) is 6.14. The highest BCUT2D eigenvalue weighted by atomic mass is 16.5. The topological polar surface area (TPSA) is 135 Å². The molecule has 3 aromatic rings. The van der Waals surface area contributed by atoms with Gasteiger partial charge >= 0.3 is 0 Å². The fourth-order valence-electron chi connectivity index (χ4n) is 3.09. The number of carbonyl (C=O) groups is 1. The van der Waals surface area contributed by atoms with Crippen molar-refractivity contribution in [3.8, 4) is 22.9 Å². The van der Waals surface area contributed by atoms with Gasteiger partial charge in [0.15, 0.2) is 12.4 Å². The number of hydrogen-bond donors (Lipinski definition) is 4. The number of allylic oxidation sites excluding steroid dienone is 1. The Morgan fingerprint density at radius 1 is 1.15 bits per heavy atom. The molecule has 3 rings (SSSR count). The third kappa shape index (κ3) is 6.19. The van der Waals surface area contributed by atoms with Crippen LogP contribution < -0.4 is 25.8 Å². The largest absolute Gasteiger partial charge is 0.494 e. The molecule has 0 spiro atoms. The minimum atomic E-state index is -0.193. The molecule has 0 fully saturated rings. The zero-order valence-electron chi connectivity index (χ0n) is 18.9. The van der Waals surface area contributed by atoms with Crippen LogP contribution in [-0.4, -0.2) is 41.3 Å². The third-order valence-corrected chi connectivity index (χ3v) is 4.49. The van der Waals surface area contributed by atoms with Gasteiger partial charge in [-0.15, -0.1) is 0 Å². The van der Waals surface area contributed by atoms with Crippen molar-refractivity contribution < 1.29 is 14.3 Å². The van der Waals surface area contributed by atoms with Crippen LogP contribution in [0.2, 0.25) is 0 Å². The second kappa shape index (κ2) is 10.9. The molecule has 1 aromatic heterocycles. The lowest BCUT2D eigenvalue weighted by Gasteiger charge is -2.13. The van der Waals surface area contributed by atoms with E-state index in [1.54, 1.807) is 12.1 Å². The Hall–Kier alpha value is -4.14. The second-order valence-corrected chi connectivity index (χ2v) is 7.44. The van der Waals surface area contributed by atoms with E-state index in [1.807, 2.05) is 51.1 Å². The summed E-state index contributed by atoms with van der Waals surface area (Å²) in [6, 6.07) is 12.8. The normalized spacial score (nSPS) is 11.3. The number of ether oxygens (including phenoxy) is 2. The summed E-state index contributed by atoms with van der Waals surface area (Å²) in [5, 5.41) is 14.1. The van der Waals surface area contributed by atoms with E-state index >= 15 is 0 Å². The number of nitrogens with two attached hydrogens (primary N) is 1. The minimum Gasteiger partial charge on any atom is -0.494 e. The van der Waals surface area contributed by atoms with Crippen LogP contribution in [0.1, 0.15) is 20.8 Å². The molecule has 1 heterocycles. The molecule has 9 heteroatoms. The number of amides is 1. The number of fused-ring (bicyclic) bond motifs is 1. The average molecular weight is 449 g/mol. The molecule has 33 heavy (non-hydrogen) atoms. The highest BCUT2D eigenvalue weighted by molar-refractivity contribution is 5.94. The van der Waals surface area contributed by atoms with Gasteiger partial charge in [-0.05, 0) is 51.1 Å². The maximum absolute atomic E-state index is 11.9. The van der Waals surface area contributed by atoms with E-state index in [9.17, 15) is 4.79 Å². The smallest absolute Gasteiger partial charge is 0.258 e. The maximum atomic E-state index is 11.9. The molecule has 0 bridgehead atoms. The van der Waals surface area contributed by atoms with Gasteiger partial charge in [0.05, 0.1) is 17.8 Å². The van der Waals surface area contributed by atoms with E-state index in [1.165, 1.54) is 6.20 Å². The van der Waals surface area contributed by atoms with Crippen molar-refractivity contribution in [2.75, 3.05) is 18.5 Å². The molecule has 0 radical (unpaired) electrons. The van der Waals surface area contributed by atoms with Gasteiger partial charge in [0, 0.05) is 29.4 Å². The van der Waals surface area contributed by atoms with Gasteiger partial charge in [0.2, 0.25) is 0 Å². The van der Waals surface area contributed by atoms with Gasteiger partial charge in [-0.25, -0.2) is 9.97 Å². The number of aromatic nitrogens is 2. The SMILES string of the molecule is CCOc1ccc2nc(-c3cccc(OCC(=O)NC(C)C)c3)nc(N/C(C=N)=C/N)c2c1. The fourth-order valence-corrected chi connectivity index (χ4v) is 3.09. The van der Waals surface area contributed by atoms with Crippen molar-refractivity contribution in [3.63, 3.8) is 0 Å². The summed E-state index contributed by atoms with van der Waals surface area (Å²) in [5.41, 5.74) is 7.40. The van der Waals surface area contributed by atoms with Crippen LogP contribution in [0.5, 0.6) is 11.5 Å². The van der Waals surface area contributed by atoms with Crippen molar-refractivity contribution >= 4 is 28.8 Å². The number of carbonyl (C=O) groups excluding carboxylic acids is 1. The Morgan fingerprint density at radius 3 is 2.64 bits per heavy atom. The molecule has 172 valence electrons. The summed E-state index contributed by atoms with van der Waals surface area (Å²) in [6.07, 6.45) is 2.40. The first kappa shape index (κ1) is 23.5. The summed E-state index contributed by atoms with van der Waals surface area (Å²) < 4.78 is 11.2. The molecule has 0 atom stereocenters. The van der Waals surface area contributed by atoms with Gasteiger partial charge in [-0.1, -0.05) is 12.1 Å². The molecule has 0 aliphatic rings.